The largest absolute Gasteiger partial charge is 0.424 e. The number of hydrogen-bond donors (Lipinski definition) is 2. The number of hydrogen-bond acceptors (Lipinski definition) is 6. The van der Waals surface area contributed by atoms with Crippen LogP contribution in [0.3, 0.4) is 0 Å². The molecule has 0 saturated carbocycles. The van der Waals surface area contributed by atoms with Crippen LogP contribution in [0.1, 0.15) is 23.2 Å². The number of aryl methyl sites for hydroxylation is 1. The van der Waals surface area contributed by atoms with Crippen molar-refractivity contribution in [1.82, 2.24) is 15.3 Å². The summed E-state index contributed by atoms with van der Waals surface area (Å²) in [6.45, 7) is 4.95. The average Bonchev–Trinajstić information content (AvgIpc) is 3.12. The van der Waals surface area contributed by atoms with Crippen molar-refractivity contribution >= 4 is 11.5 Å². The molecular formula is C25H26FN5O. The third-order valence-corrected chi connectivity index (χ3v) is 6.94. The lowest BCUT2D eigenvalue weighted by atomic mass is 9.85. The van der Waals surface area contributed by atoms with Gasteiger partial charge in [0.05, 0.1) is 5.69 Å². The van der Waals surface area contributed by atoms with Crippen molar-refractivity contribution in [2.45, 2.75) is 25.8 Å². The fourth-order valence-electron chi connectivity index (χ4n) is 5.19. The Morgan fingerprint density at radius 1 is 1.22 bits per heavy atom. The first-order valence-electron chi connectivity index (χ1n) is 11.2. The van der Waals surface area contributed by atoms with Crippen molar-refractivity contribution in [1.29, 1.82) is 0 Å². The van der Waals surface area contributed by atoms with Crippen LogP contribution in [-0.4, -0.2) is 42.7 Å². The molecule has 0 radical (unpaired) electrons. The van der Waals surface area contributed by atoms with Crippen LogP contribution in [0, 0.1) is 18.7 Å². The number of piperidine rings is 1. The van der Waals surface area contributed by atoms with Crippen LogP contribution >= 0.6 is 0 Å². The maximum atomic E-state index is 14.5. The van der Waals surface area contributed by atoms with Gasteiger partial charge in [-0.1, -0.05) is 12.1 Å². The molecule has 2 saturated heterocycles. The first-order valence-corrected chi connectivity index (χ1v) is 11.2. The highest BCUT2D eigenvalue weighted by Crippen LogP contribution is 2.46. The molecule has 164 valence electrons. The van der Waals surface area contributed by atoms with Crippen LogP contribution < -0.4 is 20.3 Å². The fraction of sp³-hybridized carbons (Fsp3) is 0.360. The summed E-state index contributed by atoms with van der Waals surface area (Å²) in [6, 6.07) is 11.9. The summed E-state index contributed by atoms with van der Waals surface area (Å²) in [5, 5.41) is 6.68. The first kappa shape index (κ1) is 19.5. The molecule has 2 unspecified atom stereocenters. The van der Waals surface area contributed by atoms with Crippen LogP contribution in [0.4, 0.5) is 15.9 Å². The lowest BCUT2D eigenvalue weighted by molar-refractivity contribution is 0.196. The maximum absolute atomic E-state index is 14.5. The van der Waals surface area contributed by atoms with Crippen LogP contribution in [0.5, 0.6) is 11.8 Å². The SMILES string of the molecule is CNc1cc(F)cc2c1Cc1nc(Oc3cccc(C)c3)nc(N3CCC4CNC4C3)c1-2. The number of halogens is 1. The van der Waals surface area contributed by atoms with Crippen LogP contribution in [0.15, 0.2) is 36.4 Å². The van der Waals surface area contributed by atoms with E-state index in [1.165, 1.54) is 0 Å². The smallest absolute Gasteiger partial charge is 0.324 e. The predicted octanol–water partition coefficient (Wildman–Crippen LogP) is 4.13. The van der Waals surface area contributed by atoms with Gasteiger partial charge in [-0.05, 0) is 66.8 Å². The minimum absolute atomic E-state index is 0.258. The lowest BCUT2D eigenvalue weighted by Crippen LogP contribution is -2.62. The number of benzene rings is 2. The second kappa shape index (κ2) is 7.45. The van der Waals surface area contributed by atoms with E-state index in [0.29, 0.717) is 24.2 Å². The van der Waals surface area contributed by atoms with Gasteiger partial charge < -0.3 is 20.3 Å². The van der Waals surface area contributed by atoms with E-state index in [1.54, 1.807) is 12.1 Å². The molecule has 6 rings (SSSR count). The van der Waals surface area contributed by atoms with Crippen LogP contribution in [0.2, 0.25) is 0 Å². The van der Waals surface area contributed by atoms with Gasteiger partial charge in [0.15, 0.2) is 0 Å². The Morgan fingerprint density at radius 3 is 2.88 bits per heavy atom. The van der Waals surface area contributed by atoms with Gasteiger partial charge in [-0.15, -0.1) is 0 Å². The number of anilines is 2. The molecule has 7 heteroatoms. The van der Waals surface area contributed by atoms with Crippen LogP contribution in [0.25, 0.3) is 11.1 Å². The average molecular weight is 432 g/mol. The maximum Gasteiger partial charge on any atom is 0.324 e. The van der Waals surface area contributed by atoms with E-state index in [2.05, 4.69) is 15.5 Å². The van der Waals surface area contributed by atoms with Gasteiger partial charge in [0.2, 0.25) is 0 Å². The molecule has 1 aliphatic carbocycles. The van der Waals surface area contributed by atoms with E-state index >= 15 is 0 Å². The lowest BCUT2D eigenvalue weighted by Gasteiger charge is -2.46. The summed E-state index contributed by atoms with van der Waals surface area (Å²) < 4.78 is 20.6. The Balaban J connectivity index is 1.46. The Kier molecular flexibility index (Phi) is 4.54. The first-order chi connectivity index (χ1) is 15.6. The molecular weight excluding hydrogens is 405 g/mol. The molecule has 32 heavy (non-hydrogen) atoms. The predicted molar refractivity (Wildman–Crippen MR) is 123 cm³/mol. The molecule has 0 spiro atoms. The van der Waals surface area contributed by atoms with Gasteiger partial charge in [-0.25, -0.2) is 4.39 Å². The number of nitrogens with zero attached hydrogens (tertiary/aromatic N) is 3. The molecule has 3 aliphatic rings. The molecule has 0 bridgehead atoms. The zero-order valence-electron chi connectivity index (χ0n) is 18.3. The van der Waals surface area contributed by atoms with Gasteiger partial charge in [0, 0.05) is 43.9 Å². The highest BCUT2D eigenvalue weighted by atomic mass is 19.1. The third kappa shape index (κ3) is 3.19. The highest BCUT2D eigenvalue weighted by Gasteiger charge is 2.38. The third-order valence-electron chi connectivity index (χ3n) is 6.94. The number of ether oxygens (including phenoxy) is 1. The molecule has 3 heterocycles. The minimum Gasteiger partial charge on any atom is -0.424 e. The van der Waals surface area contributed by atoms with Gasteiger partial charge in [-0.2, -0.15) is 9.97 Å². The summed E-state index contributed by atoms with van der Waals surface area (Å²) in [5.41, 5.74) is 5.67. The molecule has 3 aromatic rings. The number of nitrogens with one attached hydrogen (secondary N) is 2. The topological polar surface area (TPSA) is 62.3 Å². The van der Waals surface area contributed by atoms with Crippen molar-refractivity contribution in [3.05, 3.63) is 59.0 Å². The summed E-state index contributed by atoms with van der Waals surface area (Å²) in [5.74, 6) is 2.04. The summed E-state index contributed by atoms with van der Waals surface area (Å²) >= 11 is 0. The highest BCUT2D eigenvalue weighted by molar-refractivity contribution is 5.88. The molecule has 0 amide bonds. The molecule has 2 aromatic carbocycles. The van der Waals surface area contributed by atoms with E-state index in [-0.39, 0.29) is 5.82 Å². The second-order valence-corrected chi connectivity index (χ2v) is 8.99. The van der Waals surface area contributed by atoms with Gasteiger partial charge in [0.25, 0.3) is 0 Å². The summed E-state index contributed by atoms with van der Waals surface area (Å²) in [7, 11) is 1.82. The summed E-state index contributed by atoms with van der Waals surface area (Å²) in [4.78, 5) is 12.0. The van der Waals surface area contributed by atoms with E-state index in [1.807, 2.05) is 38.2 Å². The quantitative estimate of drug-likeness (QED) is 0.507. The van der Waals surface area contributed by atoms with E-state index in [4.69, 9.17) is 14.7 Å². The number of fused-ring (bicyclic) bond motifs is 4. The van der Waals surface area contributed by atoms with Crippen molar-refractivity contribution in [2.24, 2.45) is 5.92 Å². The standard InChI is InChI=1S/C25H26FN5O/c1-14-4-3-5-17(8-14)32-25-29-21-11-18-19(9-16(26)10-20(18)27-2)23(21)24(30-25)31-7-6-15-12-28-22(15)13-31/h3-5,8-10,15,22,27-28H,6-7,11-13H2,1-2H3. The zero-order valence-corrected chi connectivity index (χ0v) is 18.3. The van der Waals surface area contributed by atoms with Crippen molar-refractivity contribution in [2.75, 3.05) is 36.9 Å². The number of aromatic nitrogens is 2. The van der Waals surface area contributed by atoms with E-state index < -0.39 is 0 Å². The molecule has 1 aromatic heterocycles. The monoisotopic (exact) mass is 431 g/mol. The van der Waals surface area contributed by atoms with Gasteiger partial charge in [0.1, 0.15) is 17.4 Å². The summed E-state index contributed by atoms with van der Waals surface area (Å²) in [6.07, 6.45) is 1.75. The zero-order chi connectivity index (χ0) is 21.8. The Labute approximate surface area is 186 Å². The Morgan fingerprint density at radius 2 is 2.12 bits per heavy atom. The normalized spacial score (nSPS) is 20.8. The van der Waals surface area contributed by atoms with Crippen molar-refractivity contribution < 1.29 is 9.13 Å². The van der Waals surface area contributed by atoms with Crippen molar-refractivity contribution in [3.63, 3.8) is 0 Å². The van der Waals surface area contributed by atoms with Gasteiger partial charge >= 0.3 is 6.01 Å². The molecule has 6 nitrogen and oxygen atoms in total. The Bertz CT molecular complexity index is 1210. The second-order valence-electron chi connectivity index (χ2n) is 8.99. The molecule has 2 atom stereocenters. The van der Waals surface area contributed by atoms with Gasteiger partial charge in [-0.3, -0.25) is 0 Å². The van der Waals surface area contributed by atoms with E-state index in [9.17, 15) is 4.39 Å². The molecule has 2 fully saturated rings. The molecule has 2 N–H and O–H groups in total. The molecule has 2 aliphatic heterocycles. The fourth-order valence-corrected chi connectivity index (χ4v) is 5.19. The van der Waals surface area contributed by atoms with Crippen molar-refractivity contribution in [3.8, 4) is 22.9 Å². The Hall–Kier alpha value is -3.19. The minimum atomic E-state index is -0.258. The van der Waals surface area contributed by atoms with E-state index in [0.717, 1.165) is 71.4 Å². The number of rotatable bonds is 4. The van der Waals surface area contributed by atoms with Crippen LogP contribution in [-0.2, 0) is 6.42 Å².